The van der Waals surface area contributed by atoms with Gasteiger partial charge in [0.25, 0.3) is 5.78 Å². The lowest BCUT2D eigenvalue weighted by Crippen LogP contribution is -2.21. The van der Waals surface area contributed by atoms with Gasteiger partial charge in [-0.05, 0) is 18.2 Å². The number of methoxy groups -OCH3 is 1. The van der Waals surface area contributed by atoms with Crippen LogP contribution in [0.15, 0.2) is 30.5 Å². The molecule has 0 bridgehead atoms. The van der Waals surface area contributed by atoms with Crippen molar-refractivity contribution in [2.75, 3.05) is 7.11 Å². The van der Waals surface area contributed by atoms with E-state index in [1.165, 1.54) is 25.4 Å². The van der Waals surface area contributed by atoms with Crippen molar-refractivity contribution in [2.45, 2.75) is 6.18 Å². The second-order valence-electron chi connectivity index (χ2n) is 3.58. The second kappa shape index (κ2) is 5.00. The van der Waals surface area contributed by atoms with Crippen LogP contribution in [-0.2, 0) is 0 Å². The Kier molecular flexibility index (Phi) is 3.57. The number of nitrogens with zero attached hydrogens (tertiary/aromatic N) is 1. The smallest absolute Gasteiger partial charge is 0.455 e. The van der Waals surface area contributed by atoms with Gasteiger partial charge in [0.2, 0.25) is 5.88 Å². The molecule has 0 aromatic carbocycles. The summed E-state index contributed by atoms with van der Waals surface area (Å²) in [5, 5.41) is 0. The van der Waals surface area contributed by atoms with Gasteiger partial charge in [0.05, 0.1) is 12.0 Å². The Hall–Kier alpha value is -1.89. The van der Waals surface area contributed by atoms with E-state index >= 15 is 0 Å². The van der Waals surface area contributed by atoms with Gasteiger partial charge in [-0.15, -0.1) is 11.3 Å². The Morgan fingerprint density at radius 2 is 2.00 bits per heavy atom. The van der Waals surface area contributed by atoms with Crippen molar-refractivity contribution in [1.82, 2.24) is 4.98 Å². The van der Waals surface area contributed by atoms with Crippen molar-refractivity contribution in [3.8, 4) is 16.3 Å². The Bertz CT molecular complexity index is 590. The number of rotatable bonds is 3. The number of thiophene rings is 1. The third-order valence-corrected chi connectivity index (χ3v) is 3.45. The van der Waals surface area contributed by atoms with Crippen molar-refractivity contribution in [2.24, 2.45) is 0 Å². The van der Waals surface area contributed by atoms with E-state index in [1.54, 1.807) is 12.1 Å². The molecule has 0 saturated heterocycles. The highest BCUT2D eigenvalue weighted by atomic mass is 32.1. The van der Waals surface area contributed by atoms with Gasteiger partial charge >= 0.3 is 6.18 Å². The number of Topliss-reactive ketones (excluding diaryl/α,β-unsaturated/α-hetero) is 1. The monoisotopic (exact) mass is 287 g/mol. The predicted molar refractivity (Wildman–Crippen MR) is 64.5 cm³/mol. The minimum Gasteiger partial charge on any atom is -0.481 e. The summed E-state index contributed by atoms with van der Waals surface area (Å²) in [4.78, 5) is 15.2. The molecule has 0 amide bonds. The number of carbonyl (C=O) groups is 1. The summed E-state index contributed by atoms with van der Waals surface area (Å²) >= 11 is 0.784. The maximum absolute atomic E-state index is 12.3. The molecule has 2 aromatic rings. The van der Waals surface area contributed by atoms with Crippen molar-refractivity contribution >= 4 is 17.1 Å². The van der Waals surface area contributed by atoms with E-state index in [1.807, 2.05) is 0 Å². The highest BCUT2D eigenvalue weighted by molar-refractivity contribution is 7.17. The summed E-state index contributed by atoms with van der Waals surface area (Å²) in [7, 11) is 1.47. The number of pyridine rings is 1. The van der Waals surface area contributed by atoms with Crippen LogP contribution in [0.4, 0.5) is 13.2 Å². The van der Waals surface area contributed by atoms with E-state index in [9.17, 15) is 18.0 Å². The largest absolute Gasteiger partial charge is 0.481 e. The van der Waals surface area contributed by atoms with Crippen molar-refractivity contribution in [1.29, 1.82) is 0 Å². The molecule has 0 unspecified atom stereocenters. The number of aromatic nitrogens is 1. The highest BCUT2D eigenvalue weighted by Crippen LogP contribution is 2.32. The maximum Gasteiger partial charge on any atom is 0.455 e. The number of alkyl halides is 3. The third kappa shape index (κ3) is 2.93. The molecular formula is C12H8F3NO2S. The average Bonchev–Trinajstić information content (AvgIpc) is 2.86. The van der Waals surface area contributed by atoms with Gasteiger partial charge in [0.1, 0.15) is 0 Å². The number of ketones is 1. The maximum atomic E-state index is 12.3. The highest BCUT2D eigenvalue weighted by Gasteiger charge is 2.40. The Labute approximate surface area is 110 Å². The first-order valence-corrected chi connectivity index (χ1v) is 5.95. The molecule has 19 heavy (non-hydrogen) atoms. The van der Waals surface area contributed by atoms with Crippen LogP contribution in [0, 0.1) is 0 Å². The first-order chi connectivity index (χ1) is 8.91. The van der Waals surface area contributed by atoms with Gasteiger partial charge in [-0.25, -0.2) is 4.98 Å². The summed E-state index contributed by atoms with van der Waals surface area (Å²) in [5.41, 5.74) is 0.632. The van der Waals surface area contributed by atoms with Crippen molar-refractivity contribution in [3.05, 3.63) is 35.3 Å². The Balaban J connectivity index is 2.28. The number of hydrogen-bond acceptors (Lipinski definition) is 4. The average molecular weight is 287 g/mol. The van der Waals surface area contributed by atoms with Crippen LogP contribution in [0.2, 0.25) is 0 Å². The molecule has 7 heteroatoms. The fourth-order valence-electron chi connectivity index (χ4n) is 1.40. The van der Waals surface area contributed by atoms with Crippen LogP contribution in [-0.4, -0.2) is 24.1 Å². The van der Waals surface area contributed by atoms with Gasteiger partial charge in [0.15, 0.2) is 0 Å². The quantitative estimate of drug-likeness (QED) is 0.810. The molecular weight excluding hydrogens is 279 g/mol. The molecule has 0 aliphatic rings. The van der Waals surface area contributed by atoms with Crippen LogP contribution >= 0.6 is 11.3 Å². The zero-order valence-corrected chi connectivity index (χ0v) is 10.5. The molecule has 0 saturated carbocycles. The Morgan fingerprint density at radius 1 is 1.26 bits per heavy atom. The summed E-state index contributed by atoms with van der Waals surface area (Å²) < 4.78 is 41.7. The van der Waals surface area contributed by atoms with Crippen molar-refractivity contribution in [3.63, 3.8) is 0 Å². The molecule has 2 heterocycles. The molecule has 0 spiro atoms. The topological polar surface area (TPSA) is 39.2 Å². The lowest BCUT2D eigenvalue weighted by Gasteiger charge is -2.02. The van der Waals surface area contributed by atoms with E-state index in [0.29, 0.717) is 16.3 Å². The van der Waals surface area contributed by atoms with E-state index < -0.39 is 12.0 Å². The van der Waals surface area contributed by atoms with Crippen LogP contribution in [0.3, 0.4) is 0 Å². The van der Waals surface area contributed by atoms with E-state index in [4.69, 9.17) is 4.74 Å². The standard InChI is InChI=1S/C12H8F3NO2S/c1-18-10-5-2-7(6-16-10)8-3-4-9(19-8)11(17)12(13,14)15/h2-6H,1H3. The number of ether oxygens (including phenoxy) is 1. The van der Waals surface area contributed by atoms with E-state index in [-0.39, 0.29) is 4.88 Å². The lowest BCUT2D eigenvalue weighted by molar-refractivity contribution is -0.0882. The first kappa shape index (κ1) is 13.5. The minimum absolute atomic E-state index is 0.335. The summed E-state index contributed by atoms with van der Waals surface area (Å²) in [6, 6.07) is 5.90. The molecule has 0 fully saturated rings. The molecule has 0 radical (unpaired) electrons. The fraction of sp³-hybridized carbons (Fsp3) is 0.167. The van der Waals surface area contributed by atoms with Gasteiger partial charge in [-0.2, -0.15) is 13.2 Å². The SMILES string of the molecule is COc1ccc(-c2ccc(C(=O)C(F)(F)F)s2)cn1. The van der Waals surface area contributed by atoms with E-state index in [0.717, 1.165) is 11.3 Å². The Morgan fingerprint density at radius 3 is 2.53 bits per heavy atom. The normalized spacial score (nSPS) is 11.4. The van der Waals surface area contributed by atoms with Gasteiger partial charge in [-0.3, -0.25) is 4.79 Å². The summed E-state index contributed by atoms with van der Waals surface area (Å²) in [6.07, 6.45) is -3.37. The molecule has 2 rings (SSSR count). The van der Waals surface area contributed by atoms with Crippen molar-refractivity contribution < 1.29 is 22.7 Å². The number of halogens is 3. The van der Waals surface area contributed by atoms with Crippen LogP contribution < -0.4 is 4.74 Å². The van der Waals surface area contributed by atoms with Crippen LogP contribution in [0.1, 0.15) is 9.67 Å². The molecule has 0 aliphatic carbocycles. The zero-order chi connectivity index (χ0) is 14.0. The minimum atomic E-state index is -4.85. The zero-order valence-electron chi connectivity index (χ0n) is 9.69. The first-order valence-electron chi connectivity index (χ1n) is 5.13. The molecule has 0 aliphatic heterocycles. The molecule has 2 aromatic heterocycles. The third-order valence-electron chi connectivity index (χ3n) is 2.32. The number of hydrogen-bond donors (Lipinski definition) is 0. The van der Waals surface area contributed by atoms with Gasteiger partial charge in [-0.1, -0.05) is 0 Å². The van der Waals surface area contributed by atoms with E-state index in [2.05, 4.69) is 4.98 Å². The molecule has 3 nitrogen and oxygen atoms in total. The lowest BCUT2D eigenvalue weighted by atomic mass is 10.2. The van der Waals surface area contributed by atoms with Crippen LogP contribution in [0.5, 0.6) is 5.88 Å². The second-order valence-corrected chi connectivity index (χ2v) is 4.66. The predicted octanol–water partition coefficient (Wildman–Crippen LogP) is 3.56. The summed E-state index contributed by atoms with van der Waals surface area (Å²) in [5.74, 6) is -1.42. The summed E-state index contributed by atoms with van der Waals surface area (Å²) in [6.45, 7) is 0. The fourth-order valence-corrected chi connectivity index (χ4v) is 2.36. The molecule has 0 atom stereocenters. The van der Waals surface area contributed by atoms with Gasteiger partial charge in [0, 0.05) is 22.7 Å². The van der Waals surface area contributed by atoms with Crippen LogP contribution in [0.25, 0.3) is 10.4 Å². The molecule has 100 valence electrons. The number of carbonyl (C=O) groups excluding carboxylic acids is 1. The molecule has 0 N–H and O–H groups in total. The van der Waals surface area contributed by atoms with Gasteiger partial charge < -0.3 is 4.74 Å².